The van der Waals surface area contributed by atoms with Crippen molar-refractivity contribution < 1.29 is 14.3 Å². The van der Waals surface area contributed by atoms with Gasteiger partial charge >= 0.3 is 5.97 Å². The molecule has 22 heavy (non-hydrogen) atoms. The number of nitrogens with zero attached hydrogens (tertiary/aromatic N) is 3. The molecule has 0 aliphatic rings. The maximum absolute atomic E-state index is 11.8. The van der Waals surface area contributed by atoms with Crippen LogP contribution < -0.4 is 5.32 Å². The van der Waals surface area contributed by atoms with Gasteiger partial charge in [0.05, 0.1) is 26.3 Å². The summed E-state index contributed by atoms with van der Waals surface area (Å²) in [4.78, 5) is 22.8. The quantitative estimate of drug-likeness (QED) is 0.809. The molecule has 1 heterocycles. The molecular formula is C14H15ClN4O3. The topological polar surface area (TPSA) is 86.1 Å². The van der Waals surface area contributed by atoms with Crippen molar-refractivity contribution in [1.82, 2.24) is 20.3 Å². The van der Waals surface area contributed by atoms with Gasteiger partial charge in [-0.2, -0.15) is 0 Å². The summed E-state index contributed by atoms with van der Waals surface area (Å²) in [5, 5.41) is 10.9. The summed E-state index contributed by atoms with van der Waals surface area (Å²) >= 11 is 5.91. The van der Waals surface area contributed by atoms with Gasteiger partial charge in [-0.25, -0.2) is 4.68 Å². The number of carbonyl (C=O) groups is 2. The minimum Gasteiger partial charge on any atom is -0.469 e. The van der Waals surface area contributed by atoms with Crippen LogP contribution in [0.2, 0.25) is 5.02 Å². The SMILES string of the molecule is COC(=O)CCNC(=O)c1cn(Cc2cccc(Cl)c2)nn1. The molecule has 116 valence electrons. The van der Waals surface area contributed by atoms with Crippen molar-refractivity contribution in [2.75, 3.05) is 13.7 Å². The van der Waals surface area contributed by atoms with Gasteiger partial charge in [-0.15, -0.1) is 5.10 Å². The number of carbonyl (C=O) groups excluding carboxylic acids is 2. The van der Waals surface area contributed by atoms with E-state index in [1.807, 2.05) is 18.2 Å². The van der Waals surface area contributed by atoms with E-state index in [4.69, 9.17) is 11.6 Å². The highest BCUT2D eigenvalue weighted by Gasteiger charge is 2.11. The molecule has 2 rings (SSSR count). The number of methoxy groups -OCH3 is 1. The minimum absolute atomic E-state index is 0.110. The fraction of sp³-hybridized carbons (Fsp3) is 0.286. The van der Waals surface area contributed by atoms with Gasteiger partial charge in [0.1, 0.15) is 0 Å². The predicted octanol–water partition coefficient (Wildman–Crippen LogP) is 1.27. The van der Waals surface area contributed by atoms with Crippen LogP contribution in [0.25, 0.3) is 0 Å². The molecular weight excluding hydrogens is 308 g/mol. The zero-order valence-electron chi connectivity index (χ0n) is 12.0. The van der Waals surface area contributed by atoms with Crippen LogP contribution >= 0.6 is 11.6 Å². The molecule has 0 aliphatic heterocycles. The van der Waals surface area contributed by atoms with Gasteiger partial charge in [0, 0.05) is 11.6 Å². The smallest absolute Gasteiger partial charge is 0.307 e. The number of ether oxygens (including phenoxy) is 1. The van der Waals surface area contributed by atoms with Gasteiger partial charge in [-0.1, -0.05) is 28.9 Å². The molecule has 0 atom stereocenters. The summed E-state index contributed by atoms with van der Waals surface area (Å²) in [7, 11) is 1.30. The Balaban J connectivity index is 1.90. The molecule has 0 aliphatic carbocycles. The van der Waals surface area contributed by atoms with Crippen LogP contribution in [0.15, 0.2) is 30.5 Å². The third-order valence-electron chi connectivity index (χ3n) is 2.85. The van der Waals surface area contributed by atoms with Crippen LogP contribution in [-0.2, 0) is 16.1 Å². The number of esters is 1. The van der Waals surface area contributed by atoms with Gasteiger partial charge in [-0.05, 0) is 17.7 Å². The van der Waals surface area contributed by atoms with Crippen molar-refractivity contribution in [2.24, 2.45) is 0 Å². The van der Waals surface area contributed by atoms with Crippen molar-refractivity contribution in [1.29, 1.82) is 0 Å². The second-order valence-electron chi connectivity index (χ2n) is 4.51. The average Bonchev–Trinajstić information content (AvgIpc) is 2.95. The van der Waals surface area contributed by atoms with E-state index >= 15 is 0 Å². The first kappa shape index (κ1) is 16.0. The van der Waals surface area contributed by atoms with Gasteiger partial charge in [0.2, 0.25) is 0 Å². The number of aromatic nitrogens is 3. The average molecular weight is 323 g/mol. The lowest BCUT2D eigenvalue weighted by molar-refractivity contribution is -0.140. The van der Waals surface area contributed by atoms with Crippen LogP contribution in [-0.4, -0.2) is 40.5 Å². The van der Waals surface area contributed by atoms with E-state index in [2.05, 4.69) is 20.4 Å². The Morgan fingerprint density at radius 3 is 2.95 bits per heavy atom. The molecule has 1 amide bonds. The fourth-order valence-corrected chi connectivity index (χ4v) is 1.99. The number of hydrogen-bond acceptors (Lipinski definition) is 5. The second kappa shape index (κ2) is 7.56. The summed E-state index contributed by atoms with van der Waals surface area (Å²) in [5.41, 5.74) is 1.14. The summed E-state index contributed by atoms with van der Waals surface area (Å²) in [6, 6.07) is 7.35. The maximum Gasteiger partial charge on any atom is 0.307 e. The molecule has 0 radical (unpaired) electrons. The highest BCUT2D eigenvalue weighted by atomic mass is 35.5. The van der Waals surface area contributed by atoms with Gasteiger partial charge < -0.3 is 10.1 Å². The van der Waals surface area contributed by atoms with Crippen LogP contribution in [0.5, 0.6) is 0 Å². The molecule has 1 aromatic heterocycles. The van der Waals surface area contributed by atoms with E-state index in [9.17, 15) is 9.59 Å². The molecule has 8 heteroatoms. The Hall–Kier alpha value is -2.41. The van der Waals surface area contributed by atoms with E-state index in [1.54, 1.807) is 10.7 Å². The number of nitrogens with one attached hydrogen (secondary N) is 1. The molecule has 1 aromatic carbocycles. The van der Waals surface area contributed by atoms with Gasteiger partial charge in [0.25, 0.3) is 5.91 Å². The van der Waals surface area contributed by atoms with Crippen LogP contribution in [0.3, 0.4) is 0 Å². The zero-order chi connectivity index (χ0) is 15.9. The Morgan fingerprint density at radius 1 is 1.41 bits per heavy atom. The molecule has 0 saturated carbocycles. The number of rotatable bonds is 6. The Labute approximate surface area is 132 Å². The van der Waals surface area contributed by atoms with E-state index in [-0.39, 0.29) is 30.5 Å². The Bertz CT molecular complexity index is 672. The van der Waals surface area contributed by atoms with Gasteiger partial charge in [0.15, 0.2) is 5.69 Å². The Kier molecular flexibility index (Phi) is 5.48. The van der Waals surface area contributed by atoms with Crippen LogP contribution in [0.4, 0.5) is 0 Å². The standard InChI is InChI=1S/C14H15ClN4O3/c1-22-13(20)5-6-16-14(21)12-9-19(18-17-12)8-10-3-2-4-11(15)7-10/h2-4,7,9H,5-6,8H2,1H3,(H,16,21). The maximum atomic E-state index is 11.8. The summed E-state index contributed by atoms with van der Waals surface area (Å²) < 4.78 is 6.03. The molecule has 0 fully saturated rings. The Morgan fingerprint density at radius 2 is 2.23 bits per heavy atom. The molecule has 0 saturated heterocycles. The van der Waals surface area contributed by atoms with E-state index in [0.717, 1.165) is 5.56 Å². The molecule has 7 nitrogen and oxygen atoms in total. The van der Waals surface area contributed by atoms with Crippen molar-refractivity contribution >= 4 is 23.5 Å². The highest BCUT2D eigenvalue weighted by Crippen LogP contribution is 2.11. The van der Waals surface area contributed by atoms with E-state index in [1.165, 1.54) is 13.3 Å². The molecule has 2 aromatic rings. The van der Waals surface area contributed by atoms with Crippen molar-refractivity contribution in [2.45, 2.75) is 13.0 Å². The largest absolute Gasteiger partial charge is 0.469 e. The summed E-state index contributed by atoms with van der Waals surface area (Å²) in [5.74, 6) is -0.772. The first-order valence-corrected chi connectivity index (χ1v) is 6.96. The third-order valence-corrected chi connectivity index (χ3v) is 3.08. The van der Waals surface area contributed by atoms with E-state index in [0.29, 0.717) is 11.6 Å². The zero-order valence-corrected chi connectivity index (χ0v) is 12.7. The van der Waals surface area contributed by atoms with Crippen molar-refractivity contribution in [3.8, 4) is 0 Å². The second-order valence-corrected chi connectivity index (χ2v) is 4.95. The van der Waals surface area contributed by atoms with Crippen molar-refractivity contribution in [3.63, 3.8) is 0 Å². The monoisotopic (exact) mass is 322 g/mol. The van der Waals surface area contributed by atoms with E-state index < -0.39 is 0 Å². The normalized spacial score (nSPS) is 10.3. The van der Waals surface area contributed by atoms with Crippen molar-refractivity contribution in [3.05, 3.63) is 46.7 Å². The first-order valence-electron chi connectivity index (χ1n) is 6.58. The number of halogens is 1. The lowest BCUT2D eigenvalue weighted by Crippen LogP contribution is -2.26. The number of amides is 1. The predicted molar refractivity (Wildman–Crippen MR) is 79.5 cm³/mol. The third kappa shape index (κ3) is 4.56. The fourth-order valence-electron chi connectivity index (χ4n) is 1.77. The molecule has 0 spiro atoms. The number of hydrogen-bond donors (Lipinski definition) is 1. The lowest BCUT2D eigenvalue weighted by Gasteiger charge is -2.02. The summed E-state index contributed by atoms with van der Waals surface area (Å²) in [6.45, 7) is 0.648. The highest BCUT2D eigenvalue weighted by molar-refractivity contribution is 6.30. The van der Waals surface area contributed by atoms with Crippen LogP contribution in [0.1, 0.15) is 22.5 Å². The summed E-state index contributed by atoms with van der Waals surface area (Å²) in [6.07, 6.45) is 1.65. The molecule has 0 unspecified atom stereocenters. The number of benzene rings is 1. The molecule has 1 N–H and O–H groups in total. The minimum atomic E-state index is -0.388. The molecule has 0 bridgehead atoms. The van der Waals surface area contributed by atoms with Crippen LogP contribution in [0, 0.1) is 0 Å². The first-order chi connectivity index (χ1) is 10.6. The van der Waals surface area contributed by atoms with Gasteiger partial charge in [-0.3, -0.25) is 9.59 Å². The lowest BCUT2D eigenvalue weighted by atomic mass is 10.2.